The maximum atomic E-state index is 6.92. The SMILES string of the molecule is C/C(=C\c1oc2ccccc2c1Cc1nc(-c2cccc3c2c2c(n3-c3ccccc3)C=CCC2)nc(C2CC=Cc3oc4ccccc4c32)n1)n1c2cc3ccccc3cc2c2c3ccccc3ccc21. The fraction of sp³-hybridized carbons (Fsp3) is 0.0923. The highest BCUT2D eigenvalue weighted by atomic mass is 16.3. The summed E-state index contributed by atoms with van der Waals surface area (Å²) in [7, 11) is 0. The molecular weight excluding hydrogens is 883 g/mol. The molecule has 0 fully saturated rings. The average Bonchev–Trinajstić information content (AvgIpc) is 4.18. The fourth-order valence-corrected chi connectivity index (χ4v) is 12.0. The molecular formula is C65H45N5O2. The summed E-state index contributed by atoms with van der Waals surface area (Å²) in [5, 5.41) is 10.6. The smallest absolute Gasteiger partial charge is 0.164 e. The first kappa shape index (κ1) is 40.8. The lowest BCUT2D eigenvalue weighted by Crippen LogP contribution is -2.13. The Kier molecular flexibility index (Phi) is 9.05. The molecule has 0 spiro atoms. The predicted octanol–water partition coefficient (Wildman–Crippen LogP) is 16.5. The van der Waals surface area contributed by atoms with Gasteiger partial charge in [-0.1, -0.05) is 133 Å². The second kappa shape index (κ2) is 16.0. The quantitative estimate of drug-likeness (QED) is 0.159. The highest BCUT2D eigenvalue weighted by Crippen LogP contribution is 2.44. The first-order valence-electron chi connectivity index (χ1n) is 25.0. The Bertz CT molecular complexity index is 4480. The van der Waals surface area contributed by atoms with Gasteiger partial charge in [0.1, 0.15) is 34.3 Å². The summed E-state index contributed by atoms with van der Waals surface area (Å²) >= 11 is 0. The van der Waals surface area contributed by atoms with Crippen molar-refractivity contribution in [3.8, 4) is 17.1 Å². The Morgan fingerprint density at radius 1 is 0.611 bits per heavy atom. The molecule has 0 N–H and O–H groups in total. The number of nitrogens with zero attached hydrogens (tertiary/aromatic N) is 5. The zero-order valence-corrected chi connectivity index (χ0v) is 39.5. The van der Waals surface area contributed by atoms with Crippen LogP contribution in [0.25, 0.3) is 117 Å². The Labute approximate surface area is 414 Å². The first-order valence-corrected chi connectivity index (χ1v) is 25.0. The Hall–Kier alpha value is -9.07. The van der Waals surface area contributed by atoms with E-state index < -0.39 is 0 Å². The Morgan fingerprint density at radius 2 is 1.36 bits per heavy atom. The van der Waals surface area contributed by atoms with E-state index in [9.17, 15) is 0 Å². The van der Waals surface area contributed by atoms with E-state index >= 15 is 0 Å². The zero-order chi connectivity index (χ0) is 47.4. The van der Waals surface area contributed by atoms with Crippen molar-refractivity contribution in [3.63, 3.8) is 0 Å². The van der Waals surface area contributed by atoms with Gasteiger partial charge in [-0.2, -0.15) is 0 Å². The highest BCUT2D eigenvalue weighted by Gasteiger charge is 2.30. The molecule has 0 radical (unpaired) electrons. The Morgan fingerprint density at radius 3 is 2.22 bits per heavy atom. The van der Waals surface area contributed by atoms with Crippen LogP contribution in [0, 0.1) is 0 Å². The number of fused-ring (bicyclic) bond motifs is 13. The van der Waals surface area contributed by atoms with Crippen LogP contribution in [-0.4, -0.2) is 24.1 Å². The van der Waals surface area contributed by atoms with Crippen molar-refractivity contribution in [2.45, 2.75) is 38.5 Å². The molecule has 15 rings (SSSR count). The van der Waals surface area contributed by atoms with E-state index in [1.165, 1.54) is 49.0 Å². The number of furan rings is 2. The van der Waals surface area contributed by atoms with E-state index in [1.54, 1.807) is 0 Å². The molecule has 342 valence electrons. The molecule has 2 aliphatic rings. The van der Waals surface area contributed by atoms with Crippen LogP contribution >= 0.6 is 0 Å². The van der Waals surface area contributed by atoms with Crippen LogP contribution in [0.1, 0.15) is 71.2 Å². The summed E-state index contributed by atoms with van der Waals surface area (Å²) in [4.78, 5) is 16.5. The van der Waals surface area contributed by atoms with Gasteiger partial charge in [0.15, 0.2) is 5.82 Å². The first-order chi connectivity index (χ1) is 35.6. The van der Waals surface area contributed by atoms with Crippen molar-refractivity contribution in [3.05, 3.63) is 228 Å². The number of aryl methyl sites for hydroxylation is 1. The molecule has 13 aromatic rings. The number of rotatable bonds is 7. The fourth-order valence-electron chi connectivity index (χ4n) is 12.0. The van der Waals surface area contributed by atoms with E-state index in [0.717, 1.165) is 103 Å². The van der Waals surface area contributed by atoms with Crippen LogP contribution in [0.4, 0.5) is 0 Å². The lowest BCUT2D eigenvalue weighted by molar-refractivity contribution is 0.585. The van der Waals surface area contributed by atoms with E-state index in [2.05, 4.69) is 198 Å². The number of benzene rings is 8. The monoisotopic (exact) mass is 927 g/mol. The predicted molar refractivity (Wildman–Crippen MR) is 294 cm³/mol. The van der Waals surface area contributed by atoms with E-state index in [0.29, 0.717) is 18.1 Å². The standard InChI is InChI=1S/C65H45N5O2/c1-39(69-54-34-33-40-17-7-8-22-44(40)61(54)51-36-41-18-5-6-19-42(41)37-55(51)69)35-59-50(45-23-10-13-30-56(45)72-59)38-60-66-64(68-65(67-60)49-27-16-32-58-63(49)47-25-11-14-31-57(47)71-58)48-26-15-29-53-62(48)46-24-9-12-28-52(46)70(53)43-20-3-2-4-21-43/h2-8,10-23,25-26,28-37,49H,9,24,27,38H2,1H3/b39-35+. The van der Waals surface area contributed by atoms with Gasteiger partial charge in [-0.25, -0.2) is 15.0 Å². The third-order valence-electron chi connectivity index (χ3n) is 15.2. The molecule has 8 aromatic carbocycles. The third kappa shape index (κ3) is 6.26. The number of aromatic nitrogens is 5. The molecule has 0 aliphatic heterocycles. The third-order valence-corrected chi connectivity index (χ3v) is 15.2. The van der Waals surface area contributed by atoms with Gasteiger partial charge in [0.05, 0.1) is 22.5 Å². The van der Waals surface area contributed by atoms with Crippen LogP contribution in [0.2, 0.25) is 0 Å². The molecule has 5 aromatic heterocycles. The van der Waals surface area contributed by atoms with Gasteiger partial charge in [0, 0.05) is 73.2 Å². The van der Waals surface area contributed by atoms with Crippen LogP contribution in [0.15, 0.2) is 191 Å². The Balaban J connectivity index is 0.940. The molecule has 0 saturated carbocycles. The van der Waals surface area contributed by atoms with Crippen molar-refractivity contribution in [2.24, 2.45) is 0 Å². The van der Waals surface area contributed by atoms with Crippen LogP contribution in [0.3, 0.4) is 0 Å². The van der Waals surface area contributed by atoms with Gasteiger partial charge < -0.3 is 18.0 Å². The largest absolute Gasteiger partial charge is 0.456 e. The van der Waals surface area contributed by atoms with Crippen LogP contribution < -0.4 is 0 Å². The highest BCUT2D eigenvalue weighted by molar-refractivity contribution is 6.24. The minimum Gasteiger partial charge on any atom is -0.456 e. The van der Waals surface area contributed by atoms with Crippen molar-refractivity contribution < 1.29 is 8.83 Å². The summed E-state index contributed by atoms with van der Waals surface area (Å²) in [6.45, 7) is 2.20. The molecule has 0 saturated heterocycles. The minimum atomic E-state index is -0.149. The molecule has 5 heterocycles. The summed E-state index contributed by atoms with van der Waals surface area (Å²) in [6.07, 6.45) is 14.1. The van der Waals surface area contributed by atoms with Gasteiger partial charge in [0.25, 0.3) is 0 Å². The number of allylic oxidation sites excluding steroid dienone is 3. The maximum absolute atomic E-state index is 6.92. The number of hydrogen-bond acceptors (Lipinski definition) is 5. The lowest BCUT2D eigenvalue weighted by atomic mass is 9.88. The minimum absolute atomic E-state index is 0.149. The van der Waals surface area contributed by atoms with Crippen molar-refractivity contribution in [1.29, 1.82) is 0 Å². The second-order valence-electron chi connectivity index (χ2n) is 19.3. The molecule has 1 atom stereocenters. The van der Waals surface area contributed by atoms with Crippen molar-refractivity contribution in [1.82, 2.24) is 24.1 Å². The molecule has 0 amide bonds. The molecule has 7 nitrogen and oxygen atoms in total. The zero-order valence-electron chi connectivity index (χ0n) is 39.5. The molecule has 2 aliphatic carbocycles. The van der Waals surface area contributed by atoms with Gasteiger partial charge in [-0.05, 0) is 114 Å². The maximum Gasteiger partial charge on any atom is 0.164 e. The molecule has 72 heavy (non-hydrogen) atoms. The van der Waals surface area contributed by atoms with E-state index in [-0.39, 0.29) is 5.92 Å². The van der Waals surface area contributed by atoms with Gasteiger partial charge in [-0.3, -0.25) is 0 Å². The number of para-hydroxylation sites is 3. The summed E-state index contributed by atoms with van der Waals surface area (Å²) < 4.78 is 18.2. The molecule has 7 heteroatoms. The van der Waals surface area contributed by atoms with Gasteiger partial charge in [-0.15, -0.1) is 0 Å². The van der Waals surface area contributed by atoms with Crippen LogP contribution in [0.5, 0.6) is 0 Å². The average molecular weight is 928 g/mol. The topological polar surface area (TPSA) is 74.8 Å². The van der Waals surface area contributed by atoms with Gasteiger partial charge in [0.2, 0.25) is 0 Å². The lowest BCUT2D eigenvalue weighted by Gasteiger charge is -2.19. The van der Waals surface area contributed by atoms with Gasteiger partial charge >= 0.3 is 0 Å². The second-order valence-corrected chi connectivity index (χ2v) is 19.3. The summed E-state index contributed by atoms with van der Waals surface area (Å²) in [5.74, 6) is 3.56. The van der Waals surface area contributed by atoms with Crippen molar-refractivity contribution >= 4 is 100 Å². The molecule has 0 bridgehead atoms. The normalized spacial score (nSPS) is 14.7. The van der Waals surface area contributed by atoms with E-state index in [4.69, 9.17) is 23.8 Å². The number of hydrogen-bond donors (Lipinski definition) is 0. The summed E-state index contributed by atoms with van der Waals surface area (Å²) in [6, 6.07) is 60.4. The summed E-state index contributed by atoms with van der Waals surface area (Å²) in [5.41, 5.74) is 13.0. The van der Waals surface area contributed by atoms with Crippen LogP contribution in [-0.2, 0) is 12.8 Å². The van der Waals surface area contributed by atoms with E-state index in [1.807, 2.05) is 18.2 Å². The van der Waals surface area contributed by atoms with Crippen molar-refractivity contribution in [2.75, 3.05) is 0 Å². The molecule has 1 unspecified atom stereocenters.